The number of amides is 1. The van der Waals surface area contributed by atoms with Crippen molar-refractivity contribution in [3.63, 3.8) is 0 Å². The SMILES string of the molecule is C[C@H](Oc1ccccc1)C(=O)OCC(=O)N[C@@H](C)c1cccc(Cl)c1. The summed E-state index contributed by atoms with van der Waals surface area (Å²) in [5.74, 6) is -0.437. The molecule has 0 bridgehead atoms. The molecule has 0 fully saturated rings. The van der Waals surface area contributed by atoms with Gasteiger partial charge in [-0.2, -0.15) is 0 Å². The number of benzene rings is 2. The highest BCUT2D eigenvalue weighted by Crippen LogP contribution is 2.17. The van der Waals surface area contributed by atoms with Crippen LogP contribution in [0.1, 0.15) is 25.5 Å². The van der Waals surface area contributed by atoms with Crippen molar-refractivity contribution in [3.05, 3.63) is 65.2 Å². The van der Waals surface area contributed by atoms with E-state index in [1.807, 2.05) is 25.1 Å². The van der Waals surface area contributed by atoms with Crippen LogP contribution in [0, 0.1) is 0 Å². The van der Waals surface area contributed by atoms with Gasteiger partial charge in [0.25, 0.3) is 5.91 Å². The molecular weight excluding hydrogens is 342 g/mol. The molecule has 0 aliphatic carbocycles. The van der Waals surface area contributed by atoms with Crippen molar-refractivity contribution in [2.24, 2.45) is 0 Å². The number of para-hydroxylation sites is 1. The first-order chi connectivity index (χ1) is 12.0. The molecule has 0 saturated carbocycles. The van der Waals surface area contributed by atoms with Crippen LogP contribution in [0.15, 0.2) is 54.6 Å². The Morgan fingerprint density at radius 3 is 2.48 bits per heavy atom. The third-order valence-corrected chi connectivity index (χ3v) is 3.69. The topological polar surface area (TPSA) is 64.6 Å². The van der Waals surface area contributed by atoms with Crippen molar-refractivity contribution in [2.75, 3.05) is 6.61 Å². The molecule has 25 heavy (non-hydrogen) atoms. The van der Waals surface area contributed by atoms with Crippen molar-refractivity contribution in [3.8, 4) is 5.75 Å². The van der Waals surface area contributed by atoms with Gasteiger partial charge in [-0.25, -0.2) is 4.79 Å². The van der Waals surface area contributed by atoms with Crippen LogP contribution < -0.4 is 10.1 Å². The molecule has 0 aromatic heterocycles. The molecule has 0 radical (unpaired) electrons. The summed E-state index contributed by atoms with van der Waals surface area (Å²) in [7, 11) is 0. The van der Waals surface area contributed by atoms with Crippen LogP contribution >= 0.6 is 11.6 Å². The monoisotopic (exact) mass is 361 g/mol. The molecule has 2 rings (SSSR count). The summed E-state index contributed by atoms with van der Waals surface area (Å²) in [5.41, 5.74) is 0.868. The number of hydrogen-bond acceptors (Lipinski definition) is 4. The highest BCUT2D eigenvalue weighted by Gasteiger charge is 2.18. The number of esters is 1. The standard InChI is InChI=1S/C19H20ClNO4/c1-13(15-7-6-8-16(20)11-15)21-18(22)12-24-19(23)14(2)25-17-9-4-3-5-10-17/h3-11,13-14H,12H2,1-2H3,(H,21,22)/t13-,14-/m0/s1. The van der Waals surface area contributed by atoms with Crippen LogP contribution in [0.25, 0.3) is 0 Å². The van der Waals surface area contributed by atoms with Crippen LogP contribution in [-0.4, -0.2) is 24.6 Å². The zero-order valence-corrected chi connectivity index (χ0v) is 14.8. The molecular formula is C19H20ClNO4. The van der Waals surface area contributed by atoms with Gasteiger partial charge in [0, 0.05) is 5.02 Å². The lowest BCUT2D eigenvalue weighted by molar-refractivity contribution is -0.154. The molecule has 132 valence electrons. The van der Waals surface area contributed by atoms with E-state index in [9.17, 15) is 9.59 Å². The summed E-state index contributed by atoms with van der Waals surface area (Å²) in [6.07, 6.45) is -0.805. The Bertz CT molecular complexity index is 720. The van der Waals surface area contributed by atoms with Crippen LogP contribution in [0.3, 0.4) is 0 Å². The average molecular weight is 362 g/mol. The highest BCUT2D eigenvalue weighted by molar-refractivity contribution is 6.30. The Morgan fingerprint density at radius 1 is 1.08 bits per heavy atom. The van der Waals surface area contributed by atoms with Crippen LogP contribution in [0.2, 0.25) is 5.02 Å². The van der Waals surface area contributed by atoms with E-state index >= 15 is 0 Å². The second-order valence-corrected chi connectivity index (χ2v) is 5.96. The Hall–Kier alpha value is -2.53. The molecule has 5 nitrogen and oxygen atoms in total. The minimum absolute atomic E-state index is 0.247. The Labute approximate surface area is 151 Å². The average Bonchev–Trinajstić information content (AvgIpc) is 2.60. The fourth-order valence-corrected chi connectivity index (χ4v) is 2.35. The molecule has 0 heterocycles. The number of hydrogen-bond donors (Lipinski definition) is 1. The minimum Gasteiger partial charge on any atom is -0.479 e. The fraction of sp³-hybridized carbons (Fsp3) is 0.263. The van der Waals surface area contributed by atoms with E-state index in [1.54, 1.807) is 43.3 Å². The van der Waals surface area contributed by atoms with E-state index in [4.69, 9.17) is 21.1 Å². The number of carbonyl (C=O) groups is 2. The molecule has 2 aromatic carbocycles. The predicted molar refractivity (Wildman–Crippen MR) is 95.5 cm³/mol. The van der Waals surface area contributed by atoms with E-state index in [0.29, 0.717) is 10.8 Å². The molecule has 0 spiro atoms. The number of nitrogens with one attached hydrogen (secondary N) is 1. The van der Waals surface area contributed by atoms with Crippen molar-refractivity contribution in [2.45, 2.75) is 26.0 Å². The van der Waals surface area contributed by atoms with Crippen LogP contribution in [-0.2, 0) is 14.3 Å². The molecule has 6 heteroatoms. The van der Waals surface area contributed by atoms with Gasteiger partial charge in [-0.1, -0.05) is 41.9 Å². The summed E-state index contributed by atoms with van der Waals surface area (Å²) in [5, 5.41) is 3.35. The van der Waals surface area contributed by atoms with Gasteiger partial charge in [-0.05, 0) is 43.7 Å². The molecule has 0 aliphatic rings. The second kappa shape index (κ2) is 9.08. The van der Waals surface area contributed by atoms with Crippen molar-refractivity contribution in [1.29, 1.82) is 0 Å². The highest BCUT2D eigenvalue weighted by atomic mass is 35.5. The summed E-state index contributed by atoms with van der Waals surface area (Å²) in [6.45, 7) is 3.03. The molecule has 0 aliphatic heterocycles. The molecule has 0 saturated heterocycles. The lowest BCUT2D eigenvalue weighted by atomic mass is 10.1. The molecule has 2 aromatic rings. The molecule has 1 N–H and O–H groups in total. The van der Waals surface area contributed by atoms with Gasteiger partial charge in [-0.15, -0.1) is 0 Å². The quantitative estimate of drug-likeness (QED) is 0.766. The zero-order chi connectivity index (χ0) is 18.2. The molecule has 1 amide bonds. The third kappa shape index (κ3) is 6.12. The zero-order valence-electron chi connectivity index (χ0n) is 14.1. The maximum absolute atomic E-state index is 11.9. The van der Waals surface area contributed by atoms with E-state index < -0.39 is 18.0 Å². The summed E-state index contributed by atoms with van der Waals surface area (Å²) < 4.78 is 10.4. The maximum Gasteiger partial charge on any atom is 0.347 e. The van der Waals surface area contributed by atoms with Gasteiger partial charge >= 0.3 is 5.97 Å². The first-order valence-corrected chi connectivity index (χ1v) is 8.26. The number of ether oxygens (including phenoxy) is 2. The lowest BCUT2D eigenvalue weighted by Crippen LogP contribution is -2.34. The van der Waals surface area contributed by atoms with Gasteiger partial charge < -0.3 is 14.8 Å². The van der Waals surface area contributed by atoms with E-state index in [1.165, 1.54) is 0 Å². The van der Waals surface area contributed by atoms with Crippen LogP contribution in [0.4, 0.5) is 0 Å². The summed E-state index contributed by atoms with van der Waals surface area (Å²) in [4.78, 5) is 23.8. The first-order valence-electron chi connectivity index (χ1n) is 7.89. The van der Waals surface area contributed by atoms with Gasteiger partial charge in [0.15, 0.2) is 12.7 Å². The van der Waals surface area contributed by atoms with Crippen LogP contribution in [0.5, 0.6) is 5.75 Å². The Balaban J connectivity index is 1.78. The molecule has 2 atom stereocenters. The maximum atomic E-state index is 11.9. The van der Waals surface area contributed by atoms with E-state index in [2.05, 4.69) is 5.32 Å². The Morgan fingerprint density at radius 2 is 1.80 bits per heavy atom. The second-order valence-electron chi connectivity index (χ2n) is 5.53. The number of halogens is 1. The lowest BCUT2D eigenvalue weighted by Gasteiger charge is -2.16. The normalized spacial score (nSPS) is 12.8. The smallest absolute Gasteiger partial charge is 0.347 e. The largest absolute Gasteiger partial charge is 0.479 e. The van der Waals surface area contributed by atoms with Gasteiger partial charge in [-0.3, -0.25) is 4.79 Å². The number of carbonyl (C=O) groups excluding carboxylic acids is 2. The summed E-state index contributed by atoms with van der Waals surface area (Å²) >= 11 is 5.93. The van der Waals surface area contributed by atoms with Crippen molar-refractivity contribution in [1.82, 2.24) is 5.32 Å². The van der Waals surface area contributed by atoms with Gasteiger partial charge in [0.1, 0.15) is 5.75 Å². The molecule has 0 unspecified atom stereocenters. The Kier molecular flexibility index (Phi) is 6.83. The minimum atomic E-state index is -0.805. The van der Waals surface area contributed by atoms with Gasteiger partial charge in [0.2, 0.25) is 0 Å². The predicted octanol–water partition coefficient (Wildman–Crippen LogP) is 3.53. The summed E-state index contributed by atoms with van der Waals surface area (Å²) in [6, 6.07) is 15.9. The van der Waals surface area contributed by atoms with Crippen molar-refractivity contribution < 1.29 is 19.1 Å². The number of rotatable bonds is 7. The van der Waals surface area contributed by atoms with E-state index in [-0.39, 0.29) is 12.6 Å². The van der Waals surface area contributed by atoms with E-state index in [0.717, 1.165) is 5.56 Å². The first kappa shape index (κ1) is 18.8. The fourth-order valence-electron chi connectivity index (χ4n) is 2.15. The van der Waals surface area contributed by atoms with Crippen molar-refractivity contribution >= 4 is 23.5 Å². The third-order valence-electron chi connectivity index (χ3n) is 3.46. The van der Waals surface area contributed by atoms with Gasteiger partial charge in [0.05, 0.1) is 6.04 Å².